The Labute approximate surface area is 96.6 Å². The Morgan fingerprint density at radius 1 is 1.56 bits per heavy atom. The van der Waals surface area contributed by atoms with E-state index in [0.717, 1.165) is 15.9 Å². The number of benzene rings is 1. The van der Waals surface area contributed by atoms with Crippen LogP contribution in [0.25, 0.3) is 10.2 Å². The lowest BCUT2D eigenvalue weighted by Crippen LogP contribution is -1.96. The zero-order chi connectivity index (χ0) is 11.4. The van der Waals surface area contributed by atoms with Crippen molar-refractivity contribution in [2.75, 3.05) is 12.4 Å². The van der Waals surface area contributed by atoms with Crippen molar-refractivity contribution >= 4 is 33.2 Å². The van der Waals surface area contributed by atoms with Crippen LogP contribution in [0.4, 0.5) is 5.69 Å². The number of nitrogens with one attached hydrogen (secondary N) is 1. The largest absolute Gasteiger partial charge is 0.466 e. The van der Waals surface area contributed by atoms with Crippen LogP contribution < -0.4 is 5.32 Å². The van der Waals surface area contributed by atoms with Crippen LogP contribution in [0.5, 0.6) is 0 Å². The third-order valence-electron chi connectivity index (χ3n) is 2.00. The summed E-state index contributed by atoms with van der Waals surface area (Å²) >= 11 is 1.58. The molecule has 1 N–H and O–H groups in total. The second-order valence-corrected chi connectivity index (χ2v) is 3.92. The Morgan fingerprint density at radius 3 is 3.25 bits per heavy atom. The molecule has 82 valence electrons. The summed E-state index contributed by atoms with van der Waals surface area (Å²) in [7, 11) is 1.34. The van der Waals surface area contributed by atoms with Crippen LogP contribution in [-0.2, 0) is 9.53 Å². The molecule has 0 aliphatic rings. The Kier molecular flexibility index (Phi) is 3.16. The number of esters is 1. The van der Waals surface area contributed by atoms with E-state index >= 15 is 0 Å². The molecule has 0 unspecified atom stereocenters. The van der Waals surface area contributed by atoms with Crippen molar-refractivity contribution in [3.63, 3.8) is 0 Å². The van der Waals surface area contributed by atoms with E-state index in [0.29, 0.717) is 0 Å². The first-order valence-corrected chi connectivity index (χ1v) is 5.52. The molecule has 0 atom stereocenters. The molecule has 0 aliphatic heterocycles. The zero-order valence-electron chi connectivity index (χ0n) is 8.64. The molecule has 2 aromatic rings. The molecule has 2 rings (SSSR count). The van der Waals surface area contributed by atoms with Gasteiger partial charge >= 0.3 is 5.97 Å². The van der Waals surface area contributed by atoms with Gasteiger partial charge in [0.2, 0.25) is 0 Å². The molecule has 5 heteroatoms. The standard InChI is InChI=1S/C11H10N2O2S/c1-15-11(14)4-5-12-8-2-3-9-10(6-8)16-7-13-9/h2-7,12H,1H3/b5-4+. The Hall–Kier alpha value is -1.88. The zero-order valence-corrected chi connectivity index (χ0v) is 9.45. The molecule has 0 spiro atoms. The summed E-state index contributed by atoms with van der Waals surface area (Å²) in [6, 6.07) is 5.82. The van der Waals surface area contributed by atoms with Crippen LogP contribution in [0.1, 0.15) is 0 Å². The summed E-state index contributed by atoms with van der Waals surface area (Å²) in [5.41, 5.74) is 3.70. The fraction of sp³-hybridized carbons (Fsp3) is 0.0909. The minimum absolute atomic E-state index is 0.383. The number of aromatic nitrogens is 1. The summed E-state index contributed by atoms with van der Waals surface area (Å²) in [4.78, 5) is 15.0. The molecule has 0 amide bonds. The van der Waals surface area contributed by atoms with E-state index in [9.17, 15) is 4.79 Å². The van der Waals surface area contributed by atoms with E-state index in [1.165, 1.54) is 13.2 Å². The summed E-state index contributed by atoms with van der Waals surface area (Å²) in [5, 5.41) is 2.99. The van der Waals surface area contributed by atoms with E-state index in [2.05, 4.69) is 15.0 Å². The number of fused-ring (bicyclic) bond motifs is 1. The van der Waals surface area contributed by atoms with Crippen molar-refractivity contribution in [1.29, 1.82) is 0 Å². The number of methoxy groups -OCH3 is 1. The molecule has 0 bridgehead atoms. The molecule has 0 radical (unpaired) electrons. The van der Waals surface area contributed by atoms with E-state index in [4.69, 9.17) is 0 Å². The van der Waals surface area contributed by atoms with Crippen molar-refractivity contribution in [3.8, 4) is 0 Å². The Bertz CT molecular complexity index is 534. The van der Waals surface area contributed by atoms with E-state index in [1.807, 2.05) is 18.2 Å². The normalized spacial score (nSPS) is 10.8. The summed E-state index contributed by atoms with van der Waals surface area (Å²) < 4.78 is 5.58. The van der Waals surface area contributed by atoms with Crippen molar-refractivity contribution in [3.05, 3.63) is 36.0 Å². The summed E-state index contributed by atoms with van der Waals surface area (Å²) in [6.45, 7) is 0. The second-order valence-electron chi connectivity index (χ2n) is 3.04. The van der Waals surface area contributed by atoms with Crippen LogP contribution in [-0.4, -0.2) is 18.1 Å². The van der Waals surface area contributed by atoms with Crippen molar-refractivity contribution in [2.45, 2.75) is 0 Å². The van der Waals surface area contributed by atoms with Gasteiger partial charge in [-0.2, -0.15) is 0 Å². The smallest absolute Gasteiger partial charge is 0.331 e. The van der Waals surface area contributed by atoms with E-state index in [-0.39, 0.29) is 5.97 Å². The van der Waals surface area contributed by atoms with Crippen LogP contribution in [0.15, 0.2) is 36.0 Å². The topological polar surface area (TPSA) is 51.2 Å². The number of thiazole rings is 1. The summed E-state index contributed by atoms with van der Waals surface area (Å²) in [6.07, 6.45) is 2.88. The first-order chi connectivity index (χ1) is 7.79. The maximum atomic E-state index is 10.8. The van der Waals surface area contributed by atoms with Gasteiger partial charge in [0.25, 0.3) is 0 Å². The highest BCUT2D eigenvalue weighted by molar-refractivity contribution is 7.16. The highest BCUT2D eigenvalue weighted by atomic mass is 32.1. The van der Waals surface area contributed by atoms with Crippen molar-refractivity contribution in [2.24, 2.45) is 0 Å². The number of ether oxygens (including phenoxy) is 1. The molecule has 4 nitrogen and oxygen atoms in total. The fourth-order valence-corrected chi connectivity index (χ4v) is 1.94. The van der Waals surface area contributed by atoms with Crippen molar-refractivity contribution < 1.29 is 9.53 Å². The van der Waals surface area contributed by atoms with E-state index < -0.39 is 0 Å². The lowest BCUT2D eigenvalue weighted by molar-refractivity contribution is -0.134. The van der Waals surface area contributed by atoms with Crippen LogP contribution in [0.2, 0.25) is 0 Å². The number of nitrogens with zero attached hydrogens (tertiary/aromatic N) is 1. The summed E-state index contributed by atoms with van der Waals surface area (Å²) in [5.74, 6) is -0.383. The predicted octanol–water partition coefficient (Wildman–Crippen LogP) is 2.39. The van der Waals surface area contributed by atoms with Gasteiger partial charge in [0.1, 0.15) is 0 Å². The molecule has 0 saturated carbocycles. The van der Waals surface area contributed by atoms with Crippen LogP contribution in [0, 0.1) is 0 Å². The highest BCUT2D eigenvalue weighted by Crippen LogP contribution is 2.21. The molecule has 16 heavy (non-hydrogen) atoms. The van der Waals surface area contributed by atoms with E-state index in [1.54, 1.807) is 23.0 Å². The minimum Gasteiger partial charge on any atom is -0.466 e. The maximum Gasteiger partial charge on any atom is 0.331 e. The van der Waals surface area contributed by atoms with Gasteiger partial charge in [0.05, 0.1) is 22.8 Å². The Morgan fingerprint density at radius 2 is 2.44 bits per heavy atom. The van der Waals surface area contributed by atoms with Gasteiger partial charge in [-0.3, -0.25) is 0 Å². The third-order valence-corrected chi connectivity index (χ3v) is 2.79. The first kappa shape index (κ1) is 10.6. The number of rotatable bonds is 3. The molecule has 0 aliphatic carbocycles. The van der Waals surface area contributed by atoms with Crippen LogP contribution >= 0.6 is 11.3 Å². The number of hydrogen-bond donors (Lipinski definition) is 1. The maximum absolute atomic E-state index is 10.8. The molecule has 1 aromatic carbocycles. The van der Waals surface area contributed by atoms with Gasteiger partial charge in [-0.25, -0.2) is 9.78 Å². The van der Waals surface area contributed by atoms with Gasteiger partial charge in [0, 0.05) is 18.0 Å². The fourth-order valence-electron chi connectivity index (χ4n) is 1.22. The number of carbonyl (C=O) groups excluding carboxylic acids is 1. The molecule has 0 saturated heterocycles. The monoisotopic (exact) mass is 234 g/mol. The number of anilines is 1. The molecular formula is C11H10N2O2S. The van der Waals surface area contributed by atoms with Gasteiger partial charge in [-0.15, -0.1) is 11.3 Å². The lowest BCUT2D eigenvalue weighted by Gasteiger charge is -1.99. The molecule has 1 aromatic heterocycles. The third kappa shape index (κ3) is 2.38. The number of carbonyl (C=O) groups is 1. The minimum atomic E-state index is -0.383. The van der Waals surface area contributed by atoms with Crippen LogP contribution in [0.3, 0.4) is 0 Å². The number of hydrogen-bond acceptors (Lipinski definition) is 5. The molecule has 1 heterocycles. The molecular weight excluding hydrogens is 224 g/mol. The van der Waals surface area contributed by atoms with Crippen molar-refractivity contribution in [1.82, 2.24) is 4.98 Å². The van der Waals surface area contributed by atoms with Gasteiger partial charge in [-0.1, -0.05) is 0 Å². The highest BCUT2D eigenvalue weighted by Gasteiger charge is 1.97. The lowest BCUT2D eigenvalue weighted by atomic mass is 10.3. The second kappa shape index (κ2) is 4.76. The Balaban J connectivity index is 2.09. The SMILES string of the molecule is COC(=O)/C=C/Nc1ccc2ncsc2c1. The quantitative estimate of drug-likeness (QED) is 0.654. The van der Waals surface area contributed by atoms with Gasteiger partial charge in [-0.05, 0) is 18.2 Å². The first-order valence-electron chi connectivity index (χ1n) is 4.64. The molecule has 0 fully saturated rings. The average Bonchev–Trinajstić information content (AvgIpc) is 2.76. The van der Waals surface area contributed by atoms with Gasteiger partial charge in [0.15, 0.2) is 0 Å². The average molecular weight is 234 g/mol. The predicted molar refractivity (Wildman–Crippen MR) is 64.4 cm³/mol. The van der Waals surface area contributed by atoms with Gasteiger partial charge < -0.3 is 10.1 Å².